The number of carbonyl (C=O) groups excluding carboxylic acids is 2. The van der Waals surface area contributed by atoms with Crippen molar-refractivity contribution in [2.75, 3.05) is 6.54 Å². The molecule has 5 nitrogen and oxygen atoms in total. The zero-order chi connectivity index (χ0) is 27.6. The average Bonchev–Trinajstić information content (AvgIpc) is 2.84. The van der Waals surface area contributed by atoms with Gasteiger partial charge in [-0.2, -0.15) is 0 Å². The highest BCUT2D eigenvalue weighted by atomic mass is 28.3. The van der Waals surface area contributed by atoms with E-state index in [9.17, 15) is 9.59 Å². The molecule has 0 aromatic heterocycles. The Hall–Kier alpha value is -2.08. The molecule has 6 heteroatoms. The Morgan fingerprint density at radius 2 is 1.43 bits per heavy atom. The van der Waals surface area contributed by atoms with E-state index < -0.39 is 25.7 Å². The van der Waals surface area contributed by atoms with Crippen LogP contribution in [0.3, 0.4) is 0 Å². The molecule has 0 heterocycles. The molecule has 0 aliphatic rings. The summed E-state index contributed by atoms with van der Waals surface area (Å²) in [7, 11) is -1.80. The molecule has 0 fully saturated rings. The molecule has 1 rings (SSSR count). The highest BCUT2D eigenvalue weighted by Gasteiger charge is 2.22. The summed E-state index contributed by atoms with van der Waals surface area (Å²) >= 11 is 0. The van der Waals surface area contributed by atoms with E-state index in [0.717, 1.165) is 19.3 Å². The maximum Gasteiger partial charge on any atom is 0.408 e. The van der Waals surface area contributed by atoms with Crippen LogP contribution in [0.1, 0.15) is 105 Å². The zero-order valence-corrected chi connectivity index (χ0v) is 25.4. The van der Waals surface area contributed by atoms with Gasteiger partial charge in [-0.05, 0) is 33.6 Å². The molecule has 1 aromatic rings. The summed E-state index contributed by atoms with van der Waals surface area (Å²) in [6.07, 6.45) is 16.1. The molecule has 37 heavy (non-hydrogen) atoms. The summed E-state index contributed by atoms with van der Waals surface area (Å²) in [4.78, 5) is 24.4. The number of alkyl carbamates (subject to hydrolysis) is 1. The molecule has 1 aromatic carbocycles. The van der Waals surface area contributed by atoms with E-state index in [1.807, 2.05) is 6.07 Å². The third-order valence-corrected chi connectivity index (χ3v) is 9.24. The number of unbranched alkanes of at least 4 members (excludes halogenated alkanes) is 10. The minimum absolute atomic E-state index is 0.197. The van der Waals surface area contributed by atoms with Crippen molar-refractivity contribution in [2.45, 2.75) is 130 Å². The fraction of sp³-hybridized carbons (Fsp3) is 0.677. The van der Waals surface area contributed by atoms with Crippen LogP contribution in [0.5, 0.6) is 0 Å². The lowest BCUT2D eigenvalue weighted by molar-refractivity contribution is -0.146. The second-order valence-corrected chi connectivity index (χ2v) is 16.0. The van der Waals surface area contributed by atoms with Crippen molar-refractivity contribution in [3.8, 4) is 0 Å². The minimum atomic E-state index is -1.80. The zero-order valence-electron chi connectivity index (χ0n) is 24.4. The first-order valence-electron chi connectivity index (χ1n) is 14.4. The van der Waals surface area contributed by atoms with Crippen molar-refractivity contribution in [3.05, 3.63) is 42.1 Å². The van der Waals surface area contributed by atoms with Gasteiger partial charge in [-0.15, -0.1) is 0 Å². The summed E-state index contributed by atoms with van der Waals surface area (Å²) in [5.41, 5.74) is 1.65. The number of rotatable bonds is 18. The molecule has 0 bridgehead atoms. The monoisotopic (exact) mass is 531 g/mol. The first-order valence-corrected chi connectivity index (χ1v) is 17.5. The highest BCUT2D eigenvalue weighted by Crippen LogP contribution is 2.15. The Morgan fingerprint density at radius 3 is 1.97 bits per heavy atom. The number of hydrogen-bond donors (Lipinski definition) is 1. The van der Waals surface area contributed by atoms with Crippen molar-refractivity contribution >= 4 is 25.3 Å². The molecule has 0 aliphatic carbocycles. The Labute approximate surface area is 227 Å². The molecule has 0 spiro atoms. The normalized spacial score (nSPS) is 12.9. The second kappa shape index (κ2) is 18.2. The first kappa shape index (κ1) is 32.9. The maximum atomic E-state index is 12.5. The van der Waals surface area contributed by atoms with E-state index in [4.69, 9.17) is 9.47 Å². The number of nitrogens with one attached hydrogen (secondary N) is 1. The van der Waals surface area contributed by atoms with Gasteiger partial charge in [0.2, 0.25) is 0 Å². The summed E-state index contributed by atoms with van der Waals surface area (Å²) in [6, 6.07) is 10.5. The Bertz CT molecular complexity index is 786. The van der Waals surface area contributed by atoms with Gasteiger partial charge in [-0.3, -0.25) is 4.79 Å². The average molecular weight is 532 g/mol. The number of ether oxygens (including phenoxy) is 2. The Balaban J connectivity index is 2.54. The van der Waals surface area contributed by atoms with E-state index in [0.29, 0.717) is 0 Å². The van der Waals surface area contributed by atoms with Crippen molar-refractivity contribution in [3.63, 3.8) is 0 Å². The minimum Gasteiger partial charge on any atom is -0.457 e. The largest absolute Gasteiger partial charge is 0.457 e. The fourth-order valence-electron chi connectivity index (χ4n) is 4.19. The van der Waals surface area contributed by atoms with Gasteiger partial charge in [0.25, 0.3) is 0 Å². The molecule has 0 aliphatic heterocycles. The molecule has 0 saturated heterocycles. The lowest BCUT2D eigenvalue weighted by Gasteiger charge is -2.21. The van der Waals surface area contributed by atoms with Gasteiger partial charge in [0.1, 0.15) is 26.3 Å². The quantitative estimate of drug-likeness (QED) is 0.119. The van der Waals surface area contributed by atoms with Gasteiger partial charge < -0.3 is 14.8 Å². The topological polar surface area (TPSA) is 64.6 Å². The predicted octanol–water partition coefficient (Wildman–Crippen LogP) is 7.84. The van der Waals surface area contributed by atoms with Crippen molar-refractivity contribution in [1.29, 1.82) is 0 Å². The third-order valence-electron chi connectivity index (χ3n) is 6.40. The summed E-state index contributed by atoms with van der Waals surface area (Å²) in [5, 5.41) is 3.85. The fourth-order valence-corrected chi connectivity index (χ4v) is 6.12. The van der Waals surface area contributed by atoms with E-state index >= 15 is 0 Å². The van der Waals surface area contributed by atoms with E-state index in [2.05, 4.69) is 61.4 Å². The van der Waals surface area contributed by atoms with Crippen LogP contribution >= 0.6 is 0 Å². The molecular weight excluding hydrogens is 478 g/mol. The van der Waals surface area contributed by atoms with Gasteiger partial charge in [-0.1, -0.05) is 132 Å². The summed E-state index contributed by atoms with van der Waals surface area (Å²) in [5.74, 6) is -0.442. The van der Waals surface area contributed by atoms with E-state index in [-0.39, 0.29) is 12.6 Å². The lowest BCUT2D eigenvalue weighted by Crippen LogP contribution is -2.40. The van der Waals surface area contributed by atoms with Crippen LogP contribution in [0.15, 0.2) is 42.1 Å². The highest BCUT2D eigenvalue weighted by molar-refractivity contribution is 6.93. The number of carbonyl (C=O) groups is 2. The maximum absolute atomic E-state index is 12.5. The molecule has 1 atom stereocenters. The molecule has 0 saturated carbocycles. The second-order valence-electron chi connectivity index (χ2n) is 11.7. The van der Waals surface area contributed by atoms with Gasteiger partial charge in [0.15, 0.2) is 0 Å². The Morgan fingerprint density at radius 1 is 0.892 bits per heavy atom. The number of esters is 1. The van der Waals surface area contributed by atoms with Crippen LogP contribution in [0.2, 0.25) is 13.1 Å². The van der Waals surface area contributed by atoms with Crippen molar-refractivity contribution < 1.29 is 19.1 Å². The lowest BCUT2D eigenvalue weighted by atomic mass is 10.0. The SMILES string of the molecule is CCCCCCCCCCCCC[C@H](/C=C/[Si](C)(C)c1ccccc1)OC(=O)CNC(=O)OC(C)(C)C. The predicted molar refractivity (Wildman–Crippen MR) is 158 cm³/mol. The molecule has 0 radical (unpaired) electrons. The number of hydrogen-bond acceptors (Lipinski definition) is 4. The van der Waals surface area contributed by atoms with Crippen LogP contribution in [0.4, 0.5) is 4.79 Å². The van der Waals surface area contributed by atoms with Crippen LogP contribution in [0, 0.1) is 0 Å². The van der Waals surface area contributed by atoms with Crippen LogP contribution < -0.4 is 10.5 Å². The molecule has 210 valence electrons. The molecular formula is C31H53NO4Si. The van der Waals surface area contributed by atoms with Gasteiger partial charge in [-0.25, -0.2) is 4.79 Å². The first-order chi connectivity index (χ1) is 17.5. The Kier molecular flexibility index (Phi) is 16.2. The van der Waals surface area contributed by atoms with Gasteiger partial charge in [0, 0.05) is 0 Å². The number of amides is 1. The van der Waals surface area contributed by atoms with E-state index in [1.54, 1.807) is 20.8 Å². The molecule has 1 amide bonds. The third kappa shape index (κ3) is 17.1. The van der Waals surface area contributed by atoms with Crippen molar-refractivity contribution in [2.24, 2.45) is 0 Å². The van der Waals surface area contributed by atoms with Crippen LogP contribution in [-0.4, -0.2) is 38.4 Å². The van der Waals surface area contributed by atoms with Crippen molar-refractivity contribution in [1.82, 2.24) is 5.32 Å². The van der Waals surface area contributed by atoms with E-state index in [1.165, 1.54) is 63.0 Å². The van der Waals surface area contributed by atoms with Gasteiger partial charge in [0.05, 0.1) is 0 Å². The summed E-state index contributed by atoms with van der Waals surface area (Å²) in [6.45, 7) is 12.0. The summed E-state index contributed by atoms with van der Waals surface area (Å²) < 4.78 is 11.0. The molecule has 0 unspecified atom stereocenters. The van der Waals surface area contributed by atoms with Crippen LogP contribution in [-0.2, 0) is 14.3 Å². The smallest absolute Gasteiger partial charge is 0.408 e. The standard InChI is InChI=1S/C31H53NO4Si/c1-7-8-9-10-11-12-13-14-15-16-18-21-27(24-25-37(5,6)28-22-19-17-20-23-28)35-29(33)26-32-30(34)36-31(2,3)4/h17,19-20,22-25,27H,7-16,18,21,26H2,1-6H3,(H,32,34)/b25-24+/t27-/m1/s1. The number of benzene rings is 1. The van der Waals surface area contributed by atoms with Gasteiger partial charge >= 0.3 is 12.1 Å². The molecule has 1 N–H and O–H groups in total. The van der Waals surface area contributed by atoms with Crippen LogP contribution in [0.25, 0.3) is 0 Å².